The standard InChI is InChI=1S/C26H26F2N2O4/c1-29-22(13-14-23(31)16-3-5-17(27)6-4-16)25(21-12-11-20(34-2)15-24(21)32)30(26(29)33)19-9-7-18(28)8-10-19/h3-12,15,22-23,25,31-32H,13-14H2,1-2H3/t22-,23?,25-/m1/s1. The fourth-order valence-corrected chi connectivity index (χ4v) is 4.47. The molecular formula is C26H26F2N2O4. The second kappa shape index (κ2) is 9.69. The number of nitrogens with zero attached hydrogens (tertiary/aromatic N) is 2. The number of halogens is 2. The summed E-state index contributed by atoms with van der Waals surface area (Å²) in [6, 6.07) is 14.8. The summed E-state index contributed by atoms with van der Waals surface area (Å²) in [4.78, 5) is 16.4. The fraction of sp³-hybridized carbons (Fsp3) is 0.269. The van der Waals surface area contributed by atoms with Gasteiger partial charge in [-0.3, -0.25) is 4.90 Å². The van der Waals surface area contributed by atoms with E-state index in [4.69, 9.17) is 4.74 Å². The molecule has 1 aliphatic heterocycles. The molecule has 6 nitrogen and oxygen atoms in total. The van der Waals surface area contributed by atoms with Crippen molar-refractivity contribution in [2.75, 3.05) is 19.1 Å². The number of amides is 2. The lowest BCUT2D eigenvalue weighted by molar-refractivity contribution is 0.148. The van der Waals surface area contributed by atoms with Crippen LogP contribution in [0.4, 0.5) is 19.3 Å². The van der Waals surface area contributed by atoms with Crippen molar-refractivity contribution in [2.24, 2.45) is 0 Å². The number of methoxy groups -OCH3 is 1. The van der Waals surface area contributed by atoms with Crippen LogP contribution in [0.3, 0.4) is 0 Å². The van der Waals surface area contributed by atoms with Crippen molar-refractivity contribution in [2.45, 2.75) is 31.0 Å². The second-order valence-electron chi connectivity index (χ2n) is 8.32. The van der Waals surface area contributed by atoms with Crippen LogP contribution in [0.15, 0.2) is 66.7 Å². The van der Waals surface area contributed by atoms with Crippen LogP contribution in [-0.4, -0.2) is 41.3 Å². The van der Waals surface area contributed by atoms with E-state index in [1.54, 1.807) is 24.1 Å². The van der Waals surface area contributed by atoms with Crippen molar-refractivity contribution in [1.29, 1.82) is 0 Å². The predicted molar refractivity (Wildman–Crippen MR) is 124 cm³/mol. The average molecular weight is 469 g/mol. The van der Waals surface area contributed by atoms with E-state index >= 15 is 0 Å². The number of hydrogen-bond donors (Lipinski definition) is 2. The Labute approximate surface area is 196 Å². The van der Waals surface area contributed by atoms with E-state index in [9.17, 15) is 23.8 Å². The average Bonchev–Trinajstić information content (AvgIpc) is 3.08. The summed E-state index contributed by atoms with van der Waals surface area (Å²) < 4.78 is 32.0. The van der Waals surface area contributed by atoms with E-state index < -0.39 is 24.0 Å². The molecule has 178 valence electrons. The van der Waals surface area contributed by atoms with Gasteiger partial charge in [-0.25, -0.2) is 13.6 Å². The smallest absolute Gasteiger partial charge is 0.325 e. The minimum atomic E-state index is -0.853. The number of ether oxygens (including phenoxy) is 1. The number of urea groups is 1. The Kier molecular flexibility index (Phi) is 6.70. The third kappa shape index (κ3) is 4.54. The maximum Gasteiger partial charge on any atom is 0.325 e. The van der Waals surface area contributed by atoms with Crippen LogP contribution in [0.25, 0.3) is 0 Å². The molecule has 1 fully saturated rings. The molecule has 3 atom stereocenters. The Bertz CT molecular complexity index is 1150. The third-order valence-electron chi connectivity index (χ3n) is 6.30. The van der Waals surface area contributed by atoms with Crippen molar-refractivity contribution in [3.63, 3.8) is 0 Å². The van der Waals surface area contributed by atoms with Gasteiger partial charge in [-0.15, -0.1) is 0 Å². The van der Waals surface area contributed by atoms with Gasteiger partial charge in [0.25, 0.3) is 0 Å². The largest absolute Gasteiger partial charge is 0.507 e. The second-order valence-corrected chi connectivity index (χ2v) is 8.32. The number of carbonyl (C=O) groups excluding carboxylic acids is 1. The van der Waals surface area contributed by atoms with Gasteiger partial charge in [0, 0.05) is 24.4 Å². The van der Waals surface area contributed by atoms with E-state index in [0.717, 1.165) is 0 Å². The number of aromatic hydroxyl groups is 1. The number of carbonyl (C=O) groups is 1. The first-order valence-corrected chi connectivity index (χ1v) is 10.9. The van der Waals surface area contributed by atoms with Crippen LogP contribution in [-0.2, 0) is 0 Å². The summed E-state index contributed by atoms with van der Waals surface area (Å²) in [5, 5.41) is 21.5. The van der Waals surface area contributed by atoms with E-state index in [1.165, 1.54) is 66.6 Å². The molecule has 1 saturated heterocycles. The predicted octanol–water partition coefficient (Wildman–Crippen LogP) is 5.17. The lowest BCUT2D eigenvalue weighted by Crippen LogP contribution is -2.31. The van der Waals surface area contributed by atoms with Crippen molar-refractivity contribution >= 4 is 11.7 Å². The van der Waals surface area contributed by atoms with E-state index in [2.05, 4.69) is 0 Å². The zero-order chi connectivity index (χ0) is 24.4. The topological polar surface area (TPSA) is 73.2 Å². The highest BCUT2D eigenvalue weighted by Crippen LogP contribution is 2.44. The SMILES string of the molecule is COc1ccc([C@@H]2[C@@H](CCC(O)c3ccc(F)cc3)N(C)C(=O)N2c2ccc(F)cc2)c(O)c1. The summed E-state index contributed by atoms with van der Waals surface area (Å²) in [6.07, 6.45) is -0.151. The first-order chi connectivity index (χ1) is 16.3. The van der Waals surface area contributed by atoms with Crippen LogP contribution >= 0.6 is 0 Å². The van der Waals surface area contributed by atoms with Gasteiger partial charge >= 0.3 is 6.03 Å². The molecule has 1 heterocycles. The number of aliphatic hydroxyl groups excluding tert-OH is 1. The van der Waals surface area contributed by atoms with Gasteiger partial charge in [0.05, 0.1) is 25.3 Å². The van der Waals surface area contributed by atoms with Crippen LogP contribution in [0, 0.1) is 11.6 Å². The summed E-state index contributed by atoms with van der Waals surface area (Å²) in [6.45, 7) is 0. The van der Waals surface area contributed by atoms with Crippen LogP contribution in [0.2, 0.25) is 0 Å². The zero-order valence-corrected chi connectivity index (χ0v) is 18.9. The molecule has 0 aliphatic carbocycles. The summed E-state index contributed by atoms with van der Waals surface area (Å²) in [7, 11) is 3.15. The third-order valence-corrected chi connectivity index (χ3v) is 6.30. The minimum Gasteiger partial charge on any atom is -0.507 e. The Balaban J connectivity index is 1.68. The zero-order valence-electron chi connectivity index (χ0n) is 18.9. The highest BCUT2D eigenvalue weighted by atomic mass is 19.1. The number of phenols is 1. The molecule has 0 radical (unpaired) electrons. The van der Waals surface area contributed by atoms with Crippen molar-refractivity contribution in [3.8, 4) is 11.5 Å². The molecule has 4 rings (SSSR count). The van der Waals surface area contributed by atoms with Gasteiger partial charge < -0.3 is 19.8 Å². The van der Waals surface area contributed by atoms with Crippen molar-refractivity contribution in [3.05, 3.63) is 89.5 Å². The van der Waals surface area contributed by atoms with Gasteiger partial charge in [0.15, 0.2) is 0 Å². The maximum atomic E-state index is 13.6. The number of benzene rings is 3. The van der Waals surface area contributed by atoms with Gasteiger partial charge in [-0.2, -0.15) is 0 Å². The van der Waals surface area contributed by atoms with E-state index in [-0.39, 0.29) is 17.6 Å². The van der Waals surface area contributed by atoms with E-state index in [1.807, 2.05) is 0 Å². The minimum absolute atomic E-state index is 0.0383. The molecule has 2 N–H and O–H groups in total. The highest BCUT2D eigenvalue weighted by molar-refractivity contribution is 5.96. The summed E-state index contributed by atoms with van der Waals surface area (Å²) in [5.74, 6) is -0.382. The quantitative estimate of drug-likeness (QED) is 0.502. The van der Waals surface area contributed by atoms with Crippen LogP contribution < -0.4 is 9.64 Å². The molecule has 34 heavy (non-hydrogen) atoms. The molecule has 1 aliphatic rings. The highest BCUT2D eigenvalue weighted by Gasteiger charge is 2.46. The first-order valence-electron chi connectivity index (χ1n) is 10.9. The molecular weight excluding hydrogens is 442 g/mol. The van der Waals surface area contributed by atoms with Gasteiger partial charge in [-0.1, -0.05) is 12.1 Å². The Hall–Kier alpha value is -3.65. The summed E-state index contributed by atoms with van der Waals surface area (Å²) >= 11 is 0. The van der Waals surface area contributed by atoms with Crippen LogP contribution in [0.1, 0.15) is 36.1 Å². The van der Waals surface area contributed by atoms with E-state index in [0.29, 0.717) is 35.4 Å². The number of hydrogen-bond acceptors (Lipinski definition) is 4. The molecule has 0 saturated carbocycles. The molecule has 3 aromatic carbocycles. The van der Waals surface area contributed by atoms with Crippen molar-refractivity contribution < 1.29 is 28.5 Å². The normalized spacial score (nSPS) is 18.9. The Morgan fingerprint density at radius 2 is 1.62 bits per heavy atom. The van der Waals surface area contributed by atoms with Gasteiger partial charge in [-0.05, 0) is 66.9 Å². The molecule has 2 amide bonds. The van der Waals surface area contributed by atoms with Gasteiger partial charge in [0.2, 0.25) is 0 Å². The number of rotatable bonds is 7. The molecule has 3 aromatic rings. The van der Waals surface area contributed by atoms with Crippen molar-refractivity contribution in [1.82, 2.24) is 4.90 Å². The number of phenolic OH excluding ortho intramolecular Hbond substituents is 1. The monoisotopic (exact) mass is 468 g/mol. The Morgan fingerprint density at radius 1 is 1.00 bits per heavy atom. The first kappa shape index (κ1) is 23.5. The van der Waals surface area contributed by atoms with Gasteiger partial charge in [0.1, 0.15) is 23.1 Å². The molecule has 1 unspecified atom stereocenters. The molecule has 0 aromatic heterocycles. The lowest BCUT2D eigenvalue weighted by atomic mass is 9.92. The molecule has 8 heteroatoms. The Morgan fingerprint density at radius 3 is 2.21 bits per heavy atom. The molecule has 0 bridgehead atoms. The summed E-state index contributed by atoms with van der Waals surface area (Å²) in [5.41, 5.74) is 1.57. The molecule has 0 spiro atoms. The maximum absolute atomic E-state index is 13.6. The van der Waals surface area contributed by atoms with Crippen LogP contribution in [0.5, 0.6) is 11.5 Å². The number of aliphatic hydroxyl groups is 1. The fourth-order valence-electron chi connectivity index (χ4n) is 4.47. The lowest BCUT2D eigenvalue weighted by Gasteiger charge is -2.29. The number of likely N-dealkylation sites (N-methyl/N-ethyl adjacent to an activating group) is 1. The number of anilines is 1.